The van der Waals surface area contributed by atoms with Gasteiger partial charge in [-0.15, -0.1) is 5.10 Å². The molecule has 1 N–H and O–H groups in total. The summed E-state index contributed by atoms with van der Waals surface area (Å²) in [7, 11) is 0. The minimum atomic E-state index is 0.410. The molecule has 2 aromatic heterocycles. The second-order valence-corrected chi connectivity index (χ2v) is 5.46. The van der Waals surface area contributed by atoms with Crippen LogP contribution < -0.4 is 5.32 Å². The molecule has 0 aliphatic carbocycles. The monoisotopic (exact) mass is 310 g/mol. The Labute approximate surface area is 116 Å². The van der Waals surface area contributed by atoms with Crippen molar-refractivity contribution in [3.63, 3.8) is 0 Å². The quantitative estimate of drug-likeness (QED) is 0.823. The number of hydrogen-bond acceptors (Lipinski definition) is 3. The molecule has 1 unspecified atom stereocenters. The Hall–Kier alpha value is -1.10. The molecule has 0 saturated carbocycles. The maximum atomic E-state index is 4.47. The molecule has 0 amide bonds. The fourth-order valence-corrected chi connectivity index (χ4v) is 2.35. The molecule has 0 aromatic carbocycles. The maximum absolute atomic E-state index is 4.47. The molecule has 0 spiro atoms. The molecule has 0 aliphatic rings. The number of anilines is 1. The molecule has 0 bridgehead atoms. The molecule has 0 radical (unpaired) electrons. The lowest BCUT2D eigenvalue weighted by Gasteiger charge is -2.11. The van der Waals surface area contributed by atoms with E-state index in [0.717, 1.165) is 16.5 Å². The van der Waals surface area contributed by atoms with E-state index < -0.39 is 0 Å². The Bertz CT molecular complexity index is 509. The Morgan fingerprint density at radius 3 is 3.00 bits per heavy atom. The Balaban J connectivity index is 2.01. The van der Waals surface area contributed by atoms with Gasteiger partial charge in [-0.25, -0.2) is 4.52 Å². The van der Waals surface area contributed by atoms with E-state index >= 15 is 0 Å². The first-order valence-electron chi connectivity index (χ1n) is 6.48. The molecule has 18 heavy (non-hydrogen) atoms. The maximum Gasteiger partial charge on any atom is 0.243 e. The first-order valence-corrected chi connectivity index (χ1v) is 7.27. The summed E-state index contributed by atoms with van der Waals surface area (Å²) in [6.07, 6.45) is 6.86. The number of nitrogens with one attached hydrogen (secondary N) is 1. The predicted molar refractivity (Wildman–Crippen MR) is 77.9 cm³/mol. The van der Waals surface area contributed by atoms with Crippen molar-refractivity contribution in [3.05, 3.63) is 22.8 Å². The van der Waals surface area contributed by atoms with E-state index in [1.807, 2.05) is 18.3 Å². The van der Waals surface area contributed by atoms with Gasteiger partial charge in [0.2, 0.25) is 5.95 Å². The van der Waals surface area contributed by atoms with Gasteiger partial charge in [0.25, 0.3) is 0 Å². The van der Waals surface area contributed by atoms with Gasteiger partial charge >= 0.3 is 0 Å². The highest BCUT2D eigenvalue weighted by Gasteiger charge is 2.08. The standard InChI is InChI=1S/C13H19BrN4/c1-3-4-5-7-10(2)15-13-16-12-11(14)8-6-9-18(12)17-13/h6,8-10H,3-5,7H2,1-2H3,(H,15,17). The zero-order valence-corrected chi connectivity index (χ0v) is 12.4. The van der Waals surface area contributed by atoms with Crippen LogP contribution in [-0.4, -0.2) is 20.6 Å². The molecule has 98 valence electrons. The SMILES string of the molecule is CCCCCC(C)Nc1nc2c(Br)cccn2n1. The summed E-state index contributed by atoms with van der Waals surface area (Å²) < 4.78 is 2.75. The van der Waals surface area contributed by atoms with Gasteiger partial charge < -0.3 is 5.32 Å². The lowest BCUT2D eigenvalue weighted by molar-refractivity contribution is 0.612. The van der Waals surface area contributed by atoms with Gasteiger partial charge in [-0.1, -0.05) is 26.2 Å². The minimum absolute atomic E-state index is 0.410. The Morgan fingerprint density at radius 1 is 1.44 bits per heavy atom. The van der Waals surface area contributed by atoms with Gasteiger partial charge in [-0.2, -0.15) is 4.98 Å². The first kappa shape index (κ1) is 13.3. The topological polar surface area (TPSA) is 42.2 Å². The summed E-state index contributed by atoms with van der Waals surface area (Å²) in [5.41, 5.74) is 0.848. The highest BCUT2D eigenvalue weighted by atomic mass is 79.9. The average Bonchev–Trinajstić information content (AvgIpc) is 2.73. The van der Waals surface area contributed by atoms with Crippen molar-refractivity contribution in [3.8, 4) is 0 Å². The lowest BCUT2D eigenvalue weighted by atomic mass is 10.1. The van der Waals surface area contributed by atoms with Crippen molar-refractivity contribution < 1.29 is 0 Å². The molecule has 0 fully saturated rings. The Kier molecular flexibility index (Phi) is 4.58. The van der Waals surface area contributed by atoms with Crippen LogP contribution in [0, 0.1) is 0 Å². The number of aromatic nitrogens is 3. The van der Waals surface area contributed by atoms with Crippen LogP contribution in [0.3, 0.4) is 0 Å². The average molecular weight is 311 g/mol. The van der Waals surface area contributed by atoms with Gasteiger partial charge in [0.1, 0.15) is 0 Å². The number of nitrogens with zero attached hydrogens (tertiary/aromatic N) is 3. The van der Waals surface area contributed by atoms with Crippen LogP contribution >= 0.6 is 15.9 Å². The molecule has 0 saturated heterocycles. The molecular weight excluding hydrogens is 292 g/mol. The zero-order valence-electron chi connectivity index (χ0n) is 10.9. The van der Waals surface area contributed by atoms with Crippen LogP contribution in [0.1, 0.15) is 39.5 Å². The van der Waals surface area contributed by atoms with E-state index in [4.69, 9.17) is 0 Å². The fourth-order valence-electron chi connectivity index (χ4n) is 1.93. The summed E-state index contributed by atoms with van der Waals surface area (Å²) in [6, 6.07) is 4.33. The largest absolute Gasteiger partial charge is 0.350 e. The molecule has 2 rings (SSSR count). The lowest BCUT2D eigenvalue weighted by Crippen LogP contribution is -2.15. The van der Waals surface area contributed by atoms with E-state index in [1.165, 1.54) is 19.3 Å². The normalized spacial score (nSPS) is 12.8. The number of halogens is 1. The number of unbranched alkanes of at least 4 members (excludes halogenated alkanes) is 2. The molecule has 5 heteroatoms. The summed E-state index contributed by atoms with van der Waals surface area (Å²) in [6.45, 7) is 4.40. The minimum Gasteiger partial charge on any atom is -0.350 e. The van der Waals surface area contributed by atoms with Crippen LogP contribution in [0.2, 0.25) is 0 Å². The van der Waals surface area contributed by atoms with Gasteiger partial charge in [0, 0.05) is 12.2 Å². The van der Waals surface area contributed by atoms with Gasteiger partial charge in [-0.05, 0) is 41.4 Å². The second kappa shape index (κ2) is 6.18. The summed E-state index contributed by atoms with van der Waals surface area (Å²) in [4.78, 5) is 4.47. The van der Waals surface area contributed by atoms with Gasteiger partial charge in [0.05, 0.1) is 4.47 Å². The molecule has 2 aromatic rings. The van der Waals surface area contributed by atoms with Crippen molar-refractivity contribution in [2.75, 3.05) is 5.32 Å². The number of pyridine rings is 1. The number of rotatable bonds is 6. The van der Waals surface area contributed by atoms with Crippen molar-refractivity contribution in [2.45, 2.75) is 45.6 Å². The molecule has 4 nitrogen and oxygen atoms in total. The van der Waals surface area contributed by atoms with Gasteiger partial charge in [0.15, 0.2) is 5.65 Å². The third-order valence-electron chi connectivity index (χ3n) is 2.93. The Morgan fingerprint density at radius 2 is 2.28 bits per heavy atom. The van der Waals surface area contributed by atoms with Crippen molar-refractivity contribution in [2.24, 2.45) is 0 Å². The van der Waals surface area contributed by atoms with E-state index in [0.29, 0.717) is 12.0 Å². The van der Waals surface area contributed by atoms with Crippen LogP contribution in [0.5, 0.6) is 0 Å². The second-order valence-electron chi connectivity index (χ2n) is 4.60. The van der Waals surface area contributed by atoms with E-state index in [-0.39, 0.29) is 0 Å². The van der Waals surface area contributed by atoms with Crippen molar-refractivity contribution >= 4 is 27.5 Å². The molecule has 0 aliphatic heterocycles. The predicted octanol–water partition coefficient (Wildman–Crippen LogP) is 3.87. The van der Waals surface area contributed by atoms with Gasteiger partial charge in [-0.3, -0.25) is 0 Å². The van der Waals surface area contributed by atoms with Crippen molar-refractivity contribution in [1.82, 2.24) is 14.6 Å². The summed E-state index contributed by atoms with van der Waals surface area (Å²) >= 11 is 3.48. The van der Waals surface area contributed by atoms with Crippen LogP contribution in [-0.2, 0) is 0 Å². The number of hydrogen-bond donors (Lipinski definition) is 1. The highest BCUT2D eigenvalue weighted by molar-refractivity contribution is 9.10. The van der Waals surface area contributed by atoms with Crippen LogP contribution in [0.25, 0.3) is 5.65 Å². The summed E-state index contributed by atoms with van der Waals surface area (Å²) in [5, 5.41) is 7.76. The fraction of sp³-hybridized carbons (Fsp3) is 0.538. The molecular formula is C13H19BrN4. The third kappa shape index (κ3) is 3.22. The summed E-state index contributed by atoms with van der Waals surface area (Å²) in [5.74, 6) is 0.700. The smallest absolute Gasteiger partial charge is 0.243 e. The highest BCUT2D eigenvalue weighted by Crippen LogP contribution is 2.17. The zero-order chi connectivity index (χ0) is 13.0. The van der Waals surface area contributed by atoms with Crippen LogP contribution in [0.4, 0.5) is 5.95 Å². The van der Waals surface area contributed by atoms with Crippen LogP contribution in [0.15, 0.2) is 22.8 Å². The van der Waals surface area contributed by atoms with Crippen molar-refractivity contribution in [1.29, 1.82) is 0 Å². The van der Waals surface area contributed by atoms with E-state index in [1.54, 1.807) is 4.52 Å². The molecule has 1 atom stereocenters. The van der Waals surface area contributed by atoms with E-state index in [2.05, 4.69) is 45.2 Å². The molecule has 2 heterocycles. The first-order chi connectivity index (χ1) is 8.70. The number of fused-ring (bicyclic) bond motifs is 1. The van der Waals surface area contributed by atoms with E-state index in [9.17, 15) is 0 Å². The third-order valence-corrected chi connectivity index (χ3v) is 3.55.